The summed E-state index contributed by atoms with van der Waals surface area (Å²) in [5.41, 5.74) is 0.727. The van der Waals surface area contributed by atoms with Crippen molar-refractivity contribution in [3.63, 3.8) is 0 Å². The summed E-state index contributed by atoms with van der Waals surface area (Å²) in [7, 11) is 0. The summed E-state index contributed by atoms with van der Waals surface area (Å²) in [6.45, 7) is 2.60. The number of carbonyl (C=O) groups is 1. The van der Waals surface area contributed by atoms with Crippen molar-refractivity contribution >= 4 is 39.8 Å². The Balaban J connectivity index is 1.67. The number of hydrogen-bond acceptors (Lipinski definition) is 5. The molecular weight excluding hydrogens is 308 g/mol. The number of rotatable bonds is 5. The van der Waals surface area contributed by atoms with Crippen LogP contribution < -0.4 is 10.6 Å². The molecule has 0 atom stereocenters. The third kappa shape index (κ3) is 3.71. The van der Waals surface area contributed by atoms with Gasteiger partial charge in [0.2, 0.25) is 0 Å². The van der Waals surface area contributed by atoms with Gasteiger partial charge in [-0.2, -0.15) is 0 Å². The van der Waals surface area contributed by atoms with Gasteiger partial charge >= 0.3 is 0 Å². The van der Waals surface area contributed by atoms with Gasteiger partial charge in [0.15, 0.2) is 5.13 Å². The molecule has 110 valence electrons. The Labute approximate surface area is 131 Å². The second kappa shape index (κ2) is 5.99. The molecule has 7 heteroatoms. The number of pyridine rings is 1. The summed E-state index contributed by atoms with van der Waals surface area (Å²) in [6, 6.07) is 3.52. The Morgan fingerprint density at radius 2 is 2.29 bits per heavy atom. The highest BCUT2D eigenvalue weighted by molar-refractivity contribution is 7.17. The van der Waals surface area contributed by atoms with Crippen LogP contribution in [0.1, 0.15) is 28.2 Å². The third-order valence-electron chi connectivity index (χ3n) is 3.21. The molecule has 2 N–H and O–H groups in total. The summed E-state index contributed by atoms with van der Waals surface area (Å²) in [5.74, 6) is 1.27. The summed E-state index contributed by atoms with van der Waals surface area (Å²) in [6.07, 6.45) is 4.00. The molecule has 1 aliphatic carbocycles. The van der Waals surface area contributed by atoms with E-state index in [4.69, 9.17) is 11.6 Å². The SMILES string of the molecule is Cc1nc(Nc2ccc(Cl)cn2)sc1C(=O)NCC1CC1. The predicted molar refractivity (Wildman–Crippen MR) is 84.4 cm³/mol. The van der Waals surface area contributed by atoms with E-state index in [9.17, 15) is 4.79 Å². The average molecular weight is 323 g/mol. The maximum Gasteiger partial charge on any atom is 0.263 e. The number of carbonyl (C=O) groups excluding carboxylic acids is 1. The maximum atomic E-state index is 12.1. The van der Waals surface area contributed by atoms with Crippen molar-refractivity contribution < 1.29 is 4.79 Å². The summed E-state index contributed by atoms with van der Waals surface area (Å²) in [5, 5.41) is 7.27. The summed E-state index contributed by atoms with van der Waals surface area (Å²) >= 11 is 7.13. The lowest BCUT2D eigenvalue weighted by atomic mass is 10.3. The monoisotopic (exact) mass is 322 g/mol. The molecule has 2 heterocycles. The number of thiazole rings is 1. The number of aromatic nitrogens is 2. The van der Waals surface area contributed by atoms with Gasteiger partial charge in [0.25, 0.3) is 5.91 Å². The first-order chi connectivity index (χ1) is 10.1. The molecule has 2 aromatic heterocycles. The van der Waals surface area contributed by atoms with E-state index in [0.717, 1.165) is 12.2 Å². The van der Waals surface area contributed by atoms with Gasteiger partial charge in [-0.1, -0.05) is 22.9 Å². The van der Waals surface area contributed by atoms with Crippen molar-refractivity contribution in [2.24, 2.45) is 5.92 Å². The number of hydrogen-bond donors (Lipinski definition) is 2. The van der Waals surface area contributed by atoms with Crippen LogP contribution in [0.4, 0.5) is 10.9 Å². The first kappa shape index (κ1) is 14.3. The van der Waals surface area contributed by atoms with Crippen LogP contribution in [0.25, 0.3) is 0 Å². The van der Waals surface area contributed by atoms with E-state index >= 15 is 0 Å². The number of amides is 1. The second-order valence-corrected chi connectivity index (χ2v) is 6.51. The van der Waals surface area contributed by atoms with Gasteiger partial charge in [0, 0.05) is 12.7 Å². The van der Waals surface area contributed by atoms with Crippen LogP contribution in [0.15, 0.2) is 18.3 Å². The van der Waals surface area contributed by atoms with E-state index in [1.165, 1.54) is 24.2 Å². The van der Waals surface area contributed by atoms with Gasteiger partial charge in [0.05, 0.1) is 10.7 Å². The molecule has 0 aliphatic heterocycles. The van der Waals surface area contributed by atoms with E-state index in [2.05, 4.69) is 20.6 Å². The molecule has 3 rings (SSSR count). The molecule has 1 fully saturated rings. The van der Waals surface area contributed by atoms with Crippen molar-refractivity contribution in [1.82, 2.24) is 15.3 Å². The molecule has 0 spiro atoms. The predicted octanol–water partition coefficient (Wildman–Crippen LogP) is 3.38. The number of nitrogens with zero attached hydrogens (tertiary/aromatic N) is 2. The van der Waals surface area contributed by atoms with Crippen molar-refractivity contribution in [2.75, 3.05) is 11.9 Å². The zero-order valence-corrected chi connectivity index (χ0v) is 13.1. The van der Waals surface area contributed by atoms with Crippen molar-refractivity contribution in [1.29, 1.82) is 0 Å². The van der Waals surface area contributed by atoms with Gasteiger partial charge in [-0.05, 0) is 37.8 Å². The number of halogens is 1. The summed E-state index contributed by atoms with van der Waals surface area (Å²) < 4.78 is 0. The van der Waals surface area contributed by atoms with Crippen LogP contribution in [0.2, 0.25) is 5.02 Å². The molecule has 0 radical (unpaired) electrons. The fourth-order valence-electron chi connectivity index (χ4n) is 1.86. The minimum atomic E-state index is -0.0472. The van der Waals surface area contributed by atoms with Crippen LogP contribution in [0.5, 0.6) is 0 Å². The highest BCUT2D eigenvalue weighted by atomic mass is 35.5. The van der Waals surface area contributed by atoms with Gasteiger partial charge in [0.1, 0.15) is 10.7 Å². The van der Waals surface area contributed by atoms with Gasteiger partial charge in [-0.15, -0.1) is 0 Å². The zero-order valence-electron chi connectivity index (χ0n) is 11.5. The van der Waals surface area contributed by atoms with E-state index < -0.39 is 0 Å². The largest absolute Gasteiger partial charge is 0.351 e. The molecule has 0 saturated heterocycles. The smallest absolute Gasteiger partial charge is 0.263 e. The van der Waals surface area contributed by atoms with E-state index in [1.807, 2.05) is 6.92 Å². The lowest BCUT2D eigenvalue weighted by molar-refractivity contribution is 0.0955. The fraction of sp³-hybridized carbons (Fsp3) is 0.357. The lowest BCUT2D eigenvalue weighted by Gasteiger charge is -2.01. The van der Waals surface area contributed by atoms with Gasteiger partial charge in [-0.3, -0.25) is 4.79 Å². The molecule has 1 saturated carbocycles. The van der Waals surface area contributed by atoms with Crippen molar-refractivity contribution in [3.05, 3.63) is 33.9 Å². The Morgan fingerprint density at radius 3 is 2.95 bits per heavy atom. The topological polar surface area (TPSA) is 66.9 Å². The number of aryl methyl sites for hydroxylation is 1. The first-order valence-electron chi connectivity index (χ1n) is 6.76. The quantitative estimate of drug-likeness (QED) is 0.885. The Morgan fingerprint density at radius 1 is 1.48 bits per heavy atom. The molecule has 1 aliphatic rings. The zero-order chi connectivity index (χ0) is 14.8. The Bertz CT molecular complexity index is 651. The minimum absolute atomic E-state index is 0.0472. The van der Waals surface area contributed by atoms with Crippen molar-refractivity contribution in [3.8, 4) is 0 Å². The molecule has 5 nitrogen and oxygen atoms in total. The Kier molecular flexibility index (Phi) is 4.07. The van der Waals surface area contributed by atoms with E-state index in [-0.39, 0.29) is 5.91 Å². The average Bonchev–Trinajstić information content (AvgIpc) is 3.22. The molecule has 2 aromatic rings. The van der Waals surface area contributed by atoms with E-state index in [0.29, 0.717) is 26.8 Å². The molecule has 21 heavy (non-hydrogen) atoms. The van der Waals surface area contributed by atoms with Crippen molar-refractivity contribution in [2.45, 2.75) is 19.8 Å². The van der Waals surface area contributed by atoms with E-state index in [1.54, 1.807) is 18.3 Å². The lowest BCUT2D eigenvalue weighted by Crippen LogP contribution is -2.25. The third-order valence-corrected chi connectivity index (χ3v) is 4.51. The normalized spacial score (nSPS) is 14.0. The summed E-state index contributed by atoms with van der Waals surface area (Å²) in [4.78, 5) is 21.3. The first-order valence-corrected chi connectivity index (χ1v) is 7.95. The highest BCUT2D eigenvalue weighted by Gasteiger charge is 2.23. The van der Waals surface area contributed by atoms with Gasteiger partial charge in [-0.25, -0.2) is 9.97 Å². The number of anilines is 2. The molecule has 0 aromatic carbocycles. The highest BCUT2D eigenvalue weighted by Crippen LogP contribution is 2.29. The standard InChI is InChI=1S/C14H15ClN4OS/c1-8-12(13(20)17-6-9-2-3-9)21-14(18-8)19-11-5-4-10(15)7-16-11/h4-5,7,9H,2-3,6H2,1H3,(H,17,20)(H,16,18,19). The van der Waals surface area contributed by atoms with Crippen LogP contribution in [0, 0.1) is 12.8 Å². The maximum absolute atomic E-state index is 12.1. The molecule has 0 bridgehead atoms. The van der Waals surface area contributed by atoms with Crippen LogP contribution >= 0.6 is 22.9 Å². The molecule has 1 amide bonds. The molecular formula is C14H15ClN4OS. The van der Waals surface area contributed by atoms with Crippen LogP contribution in [0.3, 0.4) is 0 Å². The number of nitrogens with one attached hydrogen (secondary N) is 2. The Hall–Kier alpha value is -1.66. The fourth-order valence-corrected chi connectivity index (χ4v) is 2.86. The molecule has 0 unspecified atom stereocenters. The van der Waals surface area contributed by atoms with Crippen LogP contribution in [-0.4, -0.2) is 22.4 Å². The van der Waals surface area contributed by atoms with Crippen LogP contribution in [-0.2, 0) is 0 Å². The second-order valence-electron chi connectivity index (χ2n) is 5.07. The minimum Gasteiger partial charge on any atom is -0.351 e. The van der Waals surface area contributed by atoms with Gasteiger partial charge < -0.3 is 10.6 Å².